The second-order valence-electron chi connectivity index (χ2n) is 4.37. The van der Waals surface area contributed by atoms with E-state index in [0.717, 1.165) is 0 Å². The first-order valence-corrected chi connectivity index (χ1v) is 7.08. The van der Waals surface area contributed by atoms with E-state index in [9.17, 15) is 14.4 Å². The van der Waals surface area contributed by atoms with Crippen molar-refractivity contribution < 1.29 is 23.9 Å². The van der Waals surface area contributed by atoms with Crippen LogP contribution in [0.15, 0.2) is 24.4 Å². The molecular formula is C15H20N2O5. The van der Waals surface area contributed by atoms with Crippen molar-refractivity contribution in [2.75, 3.05) is 13.2 Å². The average Bonchev–Trinajstić information content (AvgIpc) is 2.47. The summed E-state index contributed by atoms with van der Waals surface area (Å²) in [6.07, 6.45) is 1.10. The molecule has 0 aliphatic carbocycles. The number of carbonyl (C=O) groups excluding carboxylic acids is 3. The Labute approximate surface area is 129 Å². The van der Waals surface area contributed by atoms with Gasteiger partial charge in [-0.25, -0.2) is 0 Å². The van der Waals surface area contributed by atoms with Crippen molar-refractivity contribution in [1.82, 2.24) is 10.3 Å². The van der Waals surface area contributed by atoms with Crippen LogP contribution in [0.4, 0.5) is 0 Å². The highest BCUT2D eigenvalue weighted by atomic mass is 16.5. The molecule has 120 valence electrons. The third-order valence-corrected chi connectivity index (χ3v) is 2.67. The van der Waals surface area contributed by atoms with Gasteiger partial charge in [-0.3, -0.25) is 19.4 Å². The first kappa shape index (κ1) is 17.6. The Hall–Kier alpha value is -2.44. The maximum absolute atomic E-state index is 11.9. The summed E-state index contributed by atoms with van der Waals surface area (Å²) in [4.78, 5) is 38.9. The predicted molar refractivity (Wildman–Crippen MR) is 77.6 cm³/mol. The van der Waals surface area contributed by atoms with Crippen molar-refractivity contribution in [2.24, 2.45) is 0 Å². The summed E-state index contributed by atoms with van der Waals surface area (Å²) in [6, 6.07) is 4.51. The van der Waals surface area contributed by atoms with Crippen LogP contribution in [0.2, 0.25) is 0 Å². The predicted octanol–water partition coefficient (Wildman–Crippen LogP) is 1.15. The van der Waals surface area contributed by atoms with E-state index in [1.807, 2.05) is 0 Å². The SMILES string of the molecule is CCOC(=O)CC(=O)NC(CC(=O)OCC)c1ccccn1. The summed E-state index contributed by atoms with van der Waals surface area (Å²) in [5, 5.41) is 2.61. The zero-order chi connectivity index (χ0) is 16.4. The van der Waals surface area contributed by atoms with Crippen molar-refractivity contribution in [2.45, 2.75) is 32.7 Å². The van der Waals surface area contributed by atoms with E-state index >= 15 is 0 Å². The van der Waals surface area contributed by atoms with Gasteiger partial charge in [0.15, 0.2) is 0 Å². The third kappa shape index (κ3) is 6.34. The molecule has 0 aliphatic heterocycles. The summed E-state index contributed by atoms with van der Waals surface area (Å²) in [7, 11) is 0. The molecule has 1 unspecified atom stereocenters. The molecular weight excluding hydrogens is 288 g/mol. The van der Waals surface area contributed by atoms with Crippen LogP contribution in [-0.2, 0) is 23.9 Å². The molecule has 0 saturated carbocycles. The Kier molecular flexibility index (Phi) is 7.60. The maximum Gasteiger partial charge on any atom is 0.315 e. The minimum Gasteiger partial charge on any atom is -0.466 e. The number of pyridine rings is 1. The minimum absolute atomic E-state index is 0.0561. The van der Waals surface area contributed by atoms with Crippen molar-refractivity contribution >= 4 is 17.8 Å². The lowest BCUT2D eigenvalue weighted by Gasteiger charge is -2.17. The summed E-state index contributed by atoms with van der Waals surface area (Å²) in [5.74, 6) is -1.59. The van der Waals surface area contributed by atoms with E-state index in [-0.39, 0.29) is 19.6 Å². The molecule has 1 amide bonds. The van der Waals surface area contributed by atoms with Gasteiger partial charge in [-0.15, -0.1) is 0 Å². The van der Waals surface area contributed by atoms with E-state index in [0.29, 0.717) is 5.69 Å². The molecule has 1 rings (SSSR count). The van der Waals surface area contributed by atoms with Gasteiger partial charge in [-0.1, -0.05) is 6.07 Å². The van der Waals surface area contributed by atoms with Crippen LogP contribution in [0.1, 0.15) is 38.4 Å². The molecule has 22 heavy (non-hydrogen) atoms. The number of esters is 2. The molecule has 1 heterocycles. The van der Waals surface area contributed by atoms with E-state index in [1.165, 1.54) is 0 Å². The van der Waals surface area contributed by atoms with Gasteiger partial charge in [0.25, 0.3) is 0 Å². The normalized spacial score (nSPS) is 11.4. The average molecular weight is 308 g/mol. The first-order chi connectivity index (χ1) is 10.6. The van der Waals surface area contributed by atoms with Gasteiger partial charge in [0, 0.05) is 6.20 Å². The lowest BCUT2D eigenvalue weighted by Crippen LogP contribution is -2.32. The fourth-order valence-corrected chi connectivity index (χ4v) is 1.79. The Bertz CT molecular complexity index is 504. The highest BCUT2D eigenvalue weighted by Crippen LogP contribution is 2.15. The minimum atomic E-state index is -0.651. The van der Waals surface area contributed by atoms with Crippen LogP contribution in [0.25, 0.3) is 0 Å². The molecule has 1 atom stereocenters. The van der Waals surface area contributed by atoms with Crippen molar-refractivity contribution in [1.29, 1.82) is 0 Å². The molecule has 0 aromatic carbocycles. The largest absolute Gasteiger partial charge is 0.466 e. The smallest absolute Gasteiger partial charge is 0.315 e. The molecule has 0 aliphatic rings. The van der Waals surface area contributed by atoms with E-state index in [4.69, 9.17) is 9.47 Å². The second-order valence-corrected chi connectivity index (χ2v) is 4.37. The van der Waals surface area contributed by atoms with E-state index in [2.05, 4.69) is 10.3 Å². The van der Waals surface area contributed by atoms with Gasteiger partial charge in [-0.2, -0.15) is 0 Å². The topological polar surface area (TPSA) is 94.6 Å². The second kappa shape index (κ2) is 9.49. The lowest BCUT2D eigenvalue weighted by atomic mass is 10.1. The number of nitrogens with one attached hydrogen (secondary N) is 1. The van der Waals surface area contributed by atoms with Crippen LogP contribution in [0.5, 0.6) is 0 Å². The molecule has 0 radical (unpaired) electrons. The molecule has 1 N–H and O–H groups in total. The Morgan fingerprint density at radius 1 is 1.14 bits per heavy atom. The standard InChI is InChI=1S/C15H20N2O5/c1-3-21-14(19)9-12(11-7-5-6-8-16-11)17-13(18)10-15(20)22-4-2/h5-8,12H,3-4,9-10H2,1-2H3,(H,17,18). The fourth-order valence-electron chi connectivity index (χ4n) is 1.79. The fraction of sp³-hybridized carbons (Fsp3) is 0.467. The van der Waals surface area contributed by atoms with Gasteiger partial charge >= 0.3 is 11.9 Å². The number of carbonyl (C=O) groups is 3. The monoisotopic (exact) mass is 308 g/mol. The van der Waals surface area contributed by atoms with Gasteiger partial charge in [0.1, 0.15) is 6.42 Å². The number of hydrogen-bond donors (Lipinski definition) is 1. The lowest BCUT2D eigenvalue weighted by molar-refractivity contribution is -0.146. The van der Waals surface area contributed by atoms with Crippen molar-refractivity contribution in [3.8, 4) is 0 Å². The number of ether oxygens (including phenoxy) is 2. The molecule has 7 nitrogen and oxygen atoms in total. The molecule has 7 heteroatoms. The van der Waals surface area contributed by atoms with Gasteiger partial charge < -0.3 is 14.8 Å². The van der Waals surface area contributed by atoms with E-state index < -0.39 is 30.3 Å². The van der Waals surface area contributed by atoms with Crippen LogP contribution < -0.4 is 5.32 Å². The first-order valence-electron chi connectivity index (χ1n) is 7.08. The molecule has 0 fully saturated rings. The number of amides is 1. The van der Waals surface area contributed by atoms with Crippen molar-refractivity contribution in [3.63, 3.8) is 0 Å². The summed E-state index contributed by atoms with van der Waals surface area (Å²) < 4.78 is 9.60. The van der Waals surface area contributed by atoms with Gasteiger partial charge in [0.05, 0.1) is 31.4 Å². The van der Waals surface area contributed by atoms with Crippen LogP contribution >= 0.6 is 0 Å². The van der Waals surface area contributed by atoms with Crippen LogP contribution in [0, 0.1) is 0 Å². The Morgan fingerprint density at radius 3 is 2.41 bits per heavy atom. The summed E-state index contributed by atoms with van der Waals surface area (Å²) in [5.41, 5.74) is 0.521. The molecule has 0 saturated heterocycles. The third-order valence-electron chi connectivity index (χ3n) is 2.67. The van der Waals surface area contributed by atoms with Crippen LogP contribution in [0.3, 0.4) is 0 Å². The molecule has 1 aromatic rings. The number of hydrogen-bond acceptors (Lipinski definition) is 6. The highest BCUT2D eigenvalue weighted by molar-refractivity contribution is 5.94. The molecule has 0 spiro atoms. The number of rotatable bonds is 8. The highest BCUT2D eigenvalue weighted by Gasteiger charge is 2.21. The Balaban J connectivity index is 2.71. The summed E-state index contributed by atoms with van der Waals surface area (Å²) in [6.45, 7) is 3.82. The Morgan fingerprint density at radius 2 is 1.82 bits per heavy atom. The zero-order valence-electron chi connectivity index (χ0n) is 12.7. The summed E-state index contributed by atoms with van der Waals surface area (Å²) >= 11 is 0. The van der Waals surface area contributed by atoms with Crippen molar-refractivity contribution in [3.05, 3.63) is 30.1 Å². The van der Waals surface area contributed by atoms with Crippen LogP contribution in [-0.4, -0.2) is 36.0 Å². The maximum atomic E-state index is 11.9. The van der Waals surface area contributed by atoms with Gasteiger partial charge in [0.2, 0.25) is 5.91 Å². The molecule has 0 bridgehead atoms. The number of aromatic nitrogens is 1. The quantitative estimate of drug-likeness (QED) is 0.572. The number of nitrogens with zero attached hydrogens (tertiary/aromatic N) is 1. The zero-order valence-corrected chi connectivity index (χ0v) is 12.7. The molecule has 1 aromatic heterocycles. The van der Waals surface area contributed by atoms with Gasteiger partial charge in [-0.05, 0) is 26.0 Å². The van der Waals surface area contributed by atoms with E-state index in [1.54, 1.807) is 38.2 Å².